The Kier molecular flexibility index (Phi) is 2.93. The SMILES string of the molecule is C1=C(c2cccc(-c3ccccc3)c2)c2ccccc2C1. The quantitative estimate of drug-likeness (QED) is 0.588. The molecular formula is C21H16. The molecule has 0 fully saturated rings. The van der Waals surface area contributed by atoms with Gasteiger partial charge in [-0.05, 0) is 45.9 Å². The van der Waals surface area contributed by atoms with Crippen molar-refractivity contribution in [3.05, 3.63) is 102 Å². The summed E-state index contributed by atoms with van der Waals surface area (Å²) in [7, 11) is 0. The zero-order valence-electron chi connectivity index (χ0n) is 11.8. The lowest BCUT2D eigenvalue weighted by Gasteiger charge is -2.08. The van der Waals surface area contributed by atoms with Gasteiger partial charge in [0.05, 0.1) is 0 Å². The second-order valence-corrected chi connectivity index (χ2v) is 5.43. The molecule has 0 aliphatic heterocycles. The van der Waals surface area contributed by atoms with Crippen LogP contribution in [0.5, 0.6) is 0 Å². The van der Waals surface area contributed by atoms with Crippen LogP contribution in [0.1, 0.15) is 16.7 Å². The molecule has 0 unspecified atom stereocenters. The summed E-state index contributed by atoms with van der Waals surface area (Å²) >= 11 is 0. The van der Waals surface area contributed by atoms with Crippen molar-refractivity contribution in [2.45, 2.75) is 6.42 Å². The zero-order valence-corrected chi connectivity index (χ0v) is 11.8. The average molecular weight is 268 g/mol. The first-order chi connectivity index (χ1) is 10.4. The van der Waals surface area contributed by atoms with Gasteiger partial charge in [-0.2, -0.15) is 0 Å². The molecule has 0 saturated carbocycles. The standard InChI is InChI=1S/C21H16/c1-2-7-16(8-3-1)18-10-6-11-19(15-18)21-14-13-17-9-4-5-12-20(17)21/h1-12,14-15H,13H2. The van der Waals surface area contributed by atoms with Crippen LogP contribution in [0.15, 0.2) is 84.9 Å². The van der Waals surface area contributed by atoms with E-state index in [0.717, 1.165) is 6.42 Å². The fraction of sp³-hybridized carbons (Fsp3) is 0.0476. The molecule has 21 heavy (non-hydrogen) atoms. The summed E-state index contributed by atoms with van der Waals surface area (Å²) in [6.45, 7) is 0. The number of allylic oxidation sites excluding steroid dienone is 1. The third-order valence-corrected chi connectivity index (χ3v) is 4.11. The van der Waals surface area contributed by atoms with Gasteiger partial charge in [-0.25, -0.2) is 0 Å². The second kappa shape index (κ2) is 5.06. The van der Waals surface area contributed by atoms with Crippen LogP contribution in [-0.2, 0) is 6.42 Å². The summed E-state index contributed by atoms with van der Waals surface area (Å²) in [5.74, 6) is 0. The first-order valence-corrected chi connectivity index (χ1v) is 7.36. The Bertz CT molecular complexity index is 810. The molecule has 0 spiro atoms. The number of rotatable bonds is 2. The summed E-state index contributed by atoms with van der Waals surface area (Å²) in [6.07, 6.45) is 3.38. The maximum Gasteiger partial charge on any atom is -0.00819 e. The summed E-state index contributed by atoms with van der Waals surface area (Å²) in [5, 5.41) is 0. The van der Waals surface area contributed by atoms with Crippen molar-refractivity contribution in [1.29, 1.82) is 0 Å². The van der Waals surface area contributed by atoms with E-state index < -0.39 is 0 Å². The van der Waals surface area contributed by atoms with Crippen LogP contribution in [-0.4, -0.2) is 0 Å². The number of hydrogen-bond acceptors (Lipinski definition) is 0. The van der Waals surface area contributed by atoms with Gasteiger partial charge in [-0.15, -0.1) is 0 Å². The minimum absolute atomic E-state index is 1.04. The van der Waals surface area contributed by atoms with Gasteiger partial charge in [-0.3, -0.25) is 0 Å². The molecule has 0 heterocycles. The average Bonchev–Trinajstić information content (AvgIpc) is 3.00. The molecule has 0 atom stereocenters. The molecule has 100 valence electrons. The van der Waals surface area contributed by atoms with Gasteiger partial charge < -0.3 is 0 Å². The highest BCUT2D eigenvalue weighted by atomic mass is 14.2. The highest BCUT2D eigenvalue weighted by Crippen LogP contribution is 2.34. The first kappa shape index (κ1) is 12.2. The van der Waals surface area contributed by atoms with E-state index in [1.807, 2.05) is 0 Å². The van der Waals surface area contributed by atoms with Crippen molar-refractivity contribution in [2.24, 2.45) is 0 Å². The van der Waals surface area contributed by atoms with E-state index in [1.54, 1.807) is 0 Å². The van der Waals surface area contributed by atoms with E-state index in [1.165, 1.54) is 33.4 Å². The maximum atomic E-state index is 2.34. The van der Waals surface area contributed by atoms with Crippen molar-refractivity contribution in [3.8, 4) is 11.1 Å². The molecule has 0 bridgehead atoms. The second-order valence-electron chi connectivity index (χ2n) is 5.43. The molecule has 1 aliphatic carbocycles. The van der Waals surface area contributed by atoms with Crippen LogP contribution in [0.4, 0.5) is 0 Å². The molecule has 0 aromatic heterocycles. The molecule has 0 N–H and O–H groups in total. The lowest BCUT2D eigenvalue weighted by Crippen LogP contribution is -1.87. The Morgan fingerprint density at radius 3 is 2.19 bits per heavy atom. The van der Waals surface area contributed by atoms with Crippen molar-refractivity contribution in [1.82, 2.24) is 0 Å². The van der Waals surface area contributed by atoms with Gasteiger partial charge in [0.2, 0.25) is 0 Å². The fourth-order valence-electron chi connectivity index (χ4n) is 3.05. The first-order valence-electron chi connectivity index (χ1n) is 7.36. The fourth-order valence-corrected chi connectivity index (χ4v) is 3.05. The van der Waals surface area contributed by atoms with E-state index in [0.29, 0.717) is 0 Å². The molecule has 0 heteroatoms. The molecule has 1 aliphatic rings. The number of hydrogen-bond donors (Lipinski definition) is 0. The summed E-state index contributed by atoms with van der Waals surface area (Å²) < 4.78 is 0. The van der Waals surface area contributed by atoms with Crippen LogP contribution >= 0.6 is 0 Å². The minimum atomic E-state index is 1.04. The summed E-state index contributed by atoms with van der Waals surface area (Å²) in [4.78, 5) is 0. The van der Waals surface area contributed by atoms with Gasteiger partial charge in [-0.1, -0.05) is 78.9 Å². The number of benzene rings is 3. The normalized spacial score (nSPS) is 12.9. The van der Waals surface area contributed by atoms with E-state index in [-0.39, 0.29) is 0 Å². The molecule has 4 rings (SSSR count). The van der Waals surface area contributed by atoms with Gasteiger partial charge in [0.25, 0.3) is 0 Å². The van der Waals surface area contributed by atoms with Crippen LogP contribution in [0, 0.1) is 0 Å². The van der Waals surface area contributed by atoms with E-state index >= 15 is 0 Å². The smallest absolute Gasteiger partial charge is 0.00819 e. The topological polar surface area (TPSA) is 0 Å². The maximum absolute atomic E-state index is 2.34. The Labute approximate surface area is 125 Å². The molecular weight excluding hydrogens is 252 g/mol. The predicted molar refractivity (Wildman–Crippen MR) is 89.1 cm³/mol. The monoisotopic (exact) mass is 268 g/mol. The van der Waals surface area contributed by atoms with Crippen molar-refractivity contribution < 1.29 is 0 Å². The highest BCUT2D eigenvalue weighted by molar-refractivity contribution is 5.86. The Morgan fingerprint density at radius 1 is 0.571 bits per heavy atom. The summed E-state index contributed by atoms with van der Waals surface area (Å²) in [5.41, 5.74) is 8.02. The van der Waals surface area contributed by atoms with Crippen LogP contribution in [0.25, 0.3) is 16.7 Å². The third kappa shape index (κ3) is 2.19. The molecule has 3 aromatic rings. The van der Waals surface area contributed by atoms with Crippen LogP contribution in [0.3, 0.4) is 0 Å². The van der Waals surface area contributed by atoms with Gasteiger partial charge in [0.15, 0.2) is 0 Å². The number of fused-ring (bicyclic) bond motifs is 1. The lowest BCUT2D eigenvalue weighted by atomic mass is 9.96. The Hall–Kier alpha value is -2.60. The van der Waals surface area contributed by atoms with E-state index in [2.05, 4.69) is 84.9 Å². The molecule has 0 nitrogen and oxygen atoms in total. The van der Waals surface area contributed by atoms with E-state index in [4.69, 9.17) is 0 Å². The van der Waals surface area contributed by atoms with Crippen LogP contribution in [0.2, 0.25) is 0 Å². The van der Waals surface area contributed by atoms with E-state index in [9.17, 15) is 0 Å². The van der Waals surface area contributed by atoms with Gasteiger partial charge in [0.1, 0.15) is 0 Å². The predicted octanol–water partition coefficient (Wildman–Crippen LogP) is 5.34. The lowest BCUT2D eigenvalue weighted by molar-refractivity contribution is 1.31. The minimum Gasteiger partial charge on any atom is -0.0716 e. The van der Waals surface area contributed by atoms with Crippen molar-refractivity contribution in [2.75, 3.05) is 0 Å². The zero-order chi connectivity index (χ0) is 14.1. The van der Waals surface area contributed by atoms with Crippen molar-refractivity contribution >= 4 is 5.57 Å². The molecule has 3 aromatic carbocycles. The van der Waals surface area contributed by atoms with Gasteiger partial charge in [0, 0.05) is 0 Å². The summed E-state index contributed by atoms with van der Waals surface area (Å²) in [6, 6.07) is 28.1. The molecule has 0 amide bonds. The van der Waals surface area contributed by atoms with Gasteiger partial charge >= 0.3 is 0 Å². The Morgan fingerprint density at radius 2 is 1.29 bits per heavy atom. The molecule has 0 saturated heterocycles. The highest BCUT2D eigenvalue weighted by Gasteiger charge is 2.14. The van der Waals surface area contributed by atoms with Crippen LogP contribution < -0.4 is 0 Å². The molecule has 0 radical (unpaired) electrons. The largest absolute Gasteiger partial charge is 0.0716 e. The Balaban J connectivity index is 1.78. The van der Waals surface area contributed by atoms with Crippen molar-refractivity contribution in [3.63, 3.8) is 0 Å². The third-order valence-electron chi connectivity index (χ3n) is 4.11.